The molecule has 1 aromatic heterocycles. The fraction of sp³-hybridized carbons (Fsp3) is 0.308. The molecule has 19 heavy (non-hydrogen) atoms. The maximum atomic E-state index is 13.5. The third-order valence-electron chi connectivity index (χ3n) is 2.75. The largest absolute Gasteiger partial charge is 0.419 e. The minimum absolute atomic E-state index is 0.336. The third kappa shape index (κ3) is 2.62. The van der Waals surface area contributed by atoms with E-state index in [2.05, 4.69) is 4.98 Å². The molecule has 0 radical (unpaired) electrons. The lowest BCUT2D eigenvalue weighted by molar-refractivity contribution is -0.139. The molecule has 0 spiro atoms. The fourth-order valence-electron chi connectivity index (χ4n) is 1.90. The van der Waals surface area contributed by atoms with Crippen LogP contribution in [0.15, 0.2) is 24.4 Å². The van der Waals surface area contributed by atoms with E-state index in [4.69, 9.17) is 0 Å². The SMILES string of the molecule is CCc1nc(C)cn1-c1ccc(C(F)(F)F)c(F)c1. The Morgan fingerprint density at radius 2 is 1.95 bits per heavy atom. The van der Waals surface area contributed by atoms with Gasteiger partial charge in [-0.1, -0.05) is 6.92 Å². The van der Waals surface area contributed by atoms with Gasteiger partial charge in [0.25, 0.3) is 0 Å². The van der Waals surface area contributed by atoms with Crippen LogP contribution in [0.4, 0.5) is 17.6 Å². The average Bonchev–Trinajstić information content (AvgIpc) is 2.68. The highest BCUT2D eigenvalue weighted by molar-refractivity contribution is 5.38. The van der Waals surface area contributed by atoms with E-state index in [1.165, 1.54) is 6.07 Å². The van der Waals surface area contributed by atoms with Crippen molar-refractivity contribution in [3.63, 3.8) is 0 Å². The van der Waals surface area contributed by atoms with Crippen LogP contribution in [0.2, 0.25) is 0 Å². The zero-order chi connectivity index (χ0) is 14.2. The van der Waals surface area contributed by atoms with E-state index in [9.17, 15) is 17.6 Å². The summed E-state index contributed by atoms with van der Waals surface area (Å²) in [6.45, 7) is 3.65. The van der Waals surface area contributed by atoms with Gasteiger partial charge in [-0.3, -0.25) is 0 Å². The van der Waals surface area contributed by atoms with Gasteiger partial charge in [-0.15, -0.1) is 0 Å². The Morgan fingerprint density at radius 1 is 1.26 bits per heavy atom. The van der Waals surface area contributed by atoms with Crippen LogP contribution in [0.1, 0.15) is 24.0 Å². The first-order valence-corrected chi connectivity index (χ1v) is 5.75. The number of aromatic nitrogens is 2. The lowest BCUT2D eigenvalue weighted by Crippen LogP contribution is -2.09. The number of benzene rings is 1. The molecule has 0 amide bonds. The summed E-state index contributed by atoms with van der Waals surface area (Å²) in [6.07, 6.45) is -2.40. The van der Waals surface area contributed by atoms with E-state index in [0.717, 1.165) is 17.8 Å². The standard InChI is InChI=1S/C13H12F4N2/c1-3-12-18-8(2)7-19(12)9-4-5-10(11(14)6-9)13(15,16)17/h4-7H,3H2,1-2H3. The average molecular weight is 272 g/mol. The summed E-state index contributed by atoms with van der Waals surface area (Å²) >= 11 is 0. The fourth-order valence-corrected chi connectivity index (χ4v) is 1.90. The molecule has 102 valence electrons. The van der Waals surface area contributed by atoms with Crippen LogP contribution in [0.25, 0.3) is 5.69 Å². The van der Waals surface area contributed by atoms with Crippen LogP contribution in [-0.2, 0) is 12.6 Å². The van der Waals surface area contributed by atoms with Gasteiger partial charge in [-0.25, -0.2) is 9.37 Å². The van der Waals surface area contributed by atoms with Gasteiger partial charge in [-0.2, -0.15) is 13.2 Å². The number of nitrogens with zero attached hydrogens (tertiary/aromatic N) is 2. The Balaban J connectivity index is 2.50. The maximum Gasteiger partial charge on any atom is 0.419 e. The van der Waals surface area contributed by atoms with Gasteiger partial charge >= 0.3 is 6.18 Å². The molecule has 1 aromatic carbocycles. The number of hydrogen-bond acceptors (Lipinski definition) is 1. The lowest BCUT2D eigenvalue weighted by atomic mass is 10.2. The van der Waals surface area contributed by atoms with E-state index < -0.39 is 17.6 Å². The Bertz CT molecular complexity index is 599. The number of aryl methyl sites for hydroxylation is 2. The molecule has 0 saturated carbocycles. The molecule has 0 N–H and O–H groups in total. The van der Waals surface area contributed by atoms with Crippen molar-refractivity contribution in [1.29, 1.82) is 0 Å². The van der Waals surface area contributed by atoms with Gasteiger partial charge in [-0.05, 0) is 25.1 Å². The first-order chi connectivity index (χ1) is 8.82. The van der Waals surface area contributed by atoms with Gasteiger partial charge in [0.1, 0.15) is 11.6 Å². The van der Waals surface area contributed by atoms with Gasteiger partial charge in [0.05, 0.1) is 11.3 Å². The molecule has 0 unspecified atom stereocenters. The second kappa shape index (κ2) is 4.68. The Labute approximate surface area is 107 Å². The summed E-state index contributed by atoms with van der Waals surface area (Å²) in [4.78, 5) is 4.22. The van der Waals surface area contributed by atoms with E-state index >= 15 is 0 Å². The van der Waals surface area contributed by atoms with E-state index in [1.807, 2.05) is 6.92 Å². The van der Waals surface area contributed by atoms with Crippen LogP contribution in [0, 0.1) is 12.7 Å². The van der Waals surface area contributed by atoms with Crippen LogP contribution < -0.4 is 0 Å². The van der Waals surface area contributed by atoms with Crippen molar-refractivity contribution < 1.29 is 17.6 Å². The van der Waals surface area contributed by atoms with Gasteiger partial charge in [0.2, 0.25) is 0 Å². The highest BCUT2D eigenvalue weighted by Crippen LogP contribution is 2.32. The van der Waals surface area contributed by atoms with E-state index in [-0.39, 0.29) is 0 Å². The molecule has 0 bridgehead atoms. The molecule has 2 aromatic rings. The maximum absolute atomic E-state index is 13.5. The smallest absolute Gasteiger partial charge is 0.303 e. The normalized spacial score (nSPS) is 11.9. The zero-order valence-electron chi connectivity index (χ0n) is 10.4. The topological polar surface area (TPSA) is 17.8 Å². The third-order valence-corrected chi connectivity index (χ3v) is 2.75. The Kier molecular flexibility index (Phi) is 3.34. The molecule has 2 nitrogen and oxygen atoms in total. The predicted molar refractivity (Wildman–Crippen MR) is 62.6 cm³/mol. The van der Waals surface area contributed by atoms with Gasteiger partial charge < -0.3 is 4.57 Å². The molecule has 0 aliphatic carbocycles. The molecule has 0 aliphatic rings. The predicted octanol–water partition coefficient (Wildman–Crippen LogP) is 3.90. The van der Waals surface area contributed by atoms with Crippen molar-refractivity contribution in [2.45, 2.75) is 26.4 Å². The second-order valence-electron chi connectivity index (χ2n) is 4.18. The Hall–Kier alpha value is -1.85. The molecular weight excluding hydrogens is 260 g/mol. The molecule has 0 aliphatic heterocycles. The van der Waals surface area contributed by atoms with Crippen molar-refractivity contribution in [3.05, 3.63) is 47.3 Å². The number of halogens is 4. The minimum atomic E-state index is -4.68. The van der Waals surface area contributed by atoms with Crippen molar-refractivity contribution >= 4 is 0 Å². The van der Waals surface area contributed by atoms with Crippen molar-refractivity contribution in [1.82, 2.24) is 9.55 Å². The molecule has 6 heteroatoms. The summed E-state index contributed by atoms with van der Waals surface area (Å²) in [7, 11) is 0. The summed E-state index contributed by atoms with van der Waals surface area (Å²) in [5.41, 5.74) is -0.189. The van der Waals surface area contributed by atoms with E-state index in [1.54, 1.807) is 17.7 Å². The van der Waals surface area contributed by atoms with Crippen molar-refractivity contribution in [2.24, 2.45) is 0 Å². The summed E-state index contributed by atoms with van der Waals surface area (Å²) < 4.78 is 52.5. The minimum Gasteiger partial charge on any atom is -0.303 e. The Morgan fingerprint density at radius 3 is 2.47 bits per heavy atom. The zero-order valence-corrected chi connectivity index (χ0v) is 10.4. The second-order valence-corrected chi connectivity index (χ2v) is 4.18. The first kappa shape index (κ1) is 13.6. The number of hydrogen-bond donors (Lipinski definition) is 0. The molecule has 0 atom stereocenters. The van der Waals surface area contributed by atoms with Crippen LogP contribution in [-0.4, -0.2) is 9.55 Å². The summed E-state index contributed by atoms with van der Waals surface area (Å²) in [5.74, 6) is -0.602. The van der Waals surface area contributed by atoms with Crippen LogP contribution in [0.5, 0.6) is 0 Å². The van der Waals surface area contributed by atoms with Gasteiger partial charge in [0.15, 0.2) is 0 Å². The summed E-state index contributed by atoms with van der Waals surface area (Å²) in [6, 6.07) is 2.87. The number of alkyl halides is 3. The van der Waals surface area contributed by atoms with Crippen molar-refractivity contribution in [2.75, 3.05) is 0 Å². The molecule has 0 saturated heterocycles. The van der Waals surface area contributed by atoms with Gasteiger partial charge in [0, 0.05) is 18.3 Å². The monoisotopic (exact) mass is 272 g/mol. The lowest BCUT2D eigenvalue weighted by Gasteiger charge is -2.11. The number of rotatable bonds is 2. The molecular formula is C13H12F4N2. The first-order valence-electron chi connectivity index (χ1n) is 5.75. The molecule has 0 fully saturated rings. The molecule has 1 heterocycles. The highest BCUT2D eigenvalue weighted by Gasteiger charge is 2.34. The highest BCUT2D eigenvalue weighted by atomic mass is 19.4. The number of imidazole rings is 1. The van der Waals surface area contributed by atoms with Crippen LogP contribution in [0.3, 0.4) is 0 Å². The van der Waals surface area contributed by atoms with E-state index in [0.29, 0.717) is 17.9 Å². The molecule has 2 rings (SSSR count). The quantitative estimate of drug-likeness (QED) is 0.758. The van der Waals surface area contributed by atoms with Crippen LogP contribution >= 0.6 is 0 Å². The summed E-state index contributed by atoms with van der Waals surface area (Å²) in [5, 5.41) is 0. The van der Waals surface area contributed by atoms with Crippen molar-refractivity contribution in [3.8, 4) is 5.69 Å².